The van der Waals surface area contributed by atoms with E-state index in [1.807, 2.05) is 11.8 Å². The second kappa shape index (κ2) is 4.75. The van der Waals surface area contributed by atoms with Crippen LogP contribution in [0, 0.1) is 0 Å². The standard InChI is InChI=1S/C13H14BrNOS/c14-9-3-1-8(2-4-9)13-15-11-6-5-10(16)7-12(11)17-13/h1-4,10-12,16H,5-7H2. The van der Waals surface area contributed by atoms with E-state index < -0.39 is 0 Å². The van der Waals surface area contributed by atoms with E-state index in [0.717, 1.165) is 28.8 Å². The maximum absolute atomic E-state index is 9.68. The van der Waals surface area contributed by atoms with Gasteiger partial charge in [0.15, 0.2) is 0 Å². The normalized spacial score (nSPS) is 32.1. The molecule has 0 radical (unpaired) electrons. The molecule has 2 aliphatic rings. The average molecular weight is 312 g/mol. The largest absolute Gasteiger partial charge is 0.393 e. The van der Waals surface area contributed by atoms with Crippen LogP contribution in [-0.4, -0.2) is 27.5 Å². The van der Waals surface area contributed by atoms with Gasteiger partial charge in [0.25, 0.3) is 0 Å². The van der Waals surface area contributed by atoms with Crippen molar-refractivity contribution in [1.82, 2.24) is 0 Å². The molecule has 4 heteroatoms. The Morgan fingerprint density at radius 1 is 1.24 bits per heavy atom. The fourth-order valence-electron chi connectivity index (χ4n) is 2.43. The van der Waals surface area contributed by atoms with Gasteiger partial charge in [-0.3, -0.25) is 4.99 Å². The van der Waals surface area contributed by atoms with Crippen molar-refractivity contribution in [1.29, 1.82) is 0 Å². The van der Waals surface area contributed by atoms with Crippen LogP contribution in [0.25, 0.3) is 0 Å². The van der Waals surface area contributed by atoms with E-state index in [4.69, 9.17) is 4.99 Å². The Balaban J connectivity index is 1.80. The van der Waals surface area contributed by atoms with E-state index in [-0.39, 0.29) is 6.10 Å². The number of aliphatic hydroxyl groups is 1. The number of halogens is 1. The number of hydrogen-bond donors (Lipinski definition) is 1. The third-order valence-corrected chi connectivity index (χ3v) is 5.27. The van der Waals surface area contributed by atoms with Gasteiger partial charge in [0.2, 0.25) is 0 Å². The molecule has 3 atom stereocenters. The molecule has 1 N–H and O–H groups in total. The molecule has 1 aromatic rings. The number of rotatable bonds is 1. The van der Waals surface area contributed by atoms with Crippen molar-refractivity contribution in [3.05, 3.63) is 34.3 Å². The lowest BCUT2D eigenvalue weighted by Gasteiger charge is -2.26. The predicted molar refractivity (Wildman–Crippen MR) is 75.7 cm³/mol. The molecule has 1 aliphatic carbocycles. The summed E-state index contributed by atoms with van der Waals surface area (Å²) in [6.45, 7) is 0. The van der Waals surface area contributed by atoms with Gasteiger partial charge < -0.3 is 5.11 Å². The van der Waals surface area contributed by atoms with E-state index >= 15 is 0 Å². The topological polar surface area (TPSA) is 32.6 Å². The molecular formula is C13H14BrNOS. The number of thioether (sulfide) groups is 1. The minimum atomic E-state index is -0.122. The zero-order valence-electron chi connectivity index (χ0n) is 9.34. The third kappa shape index (κ3) is 2.44. The molecule has 1 aliphatic heterocycles. The highest BCUT2D eigenvalue weighted by Gasteiger charge is 2.35. The Bertz CT molecular complexity index is 445. The van der Waals surface area contributed by atoms with Crippen LogP contribution in [0.1, 0.15) is 24.8 Å². The highest BCUT2D eigenvalue weighted by molar-refractivity contribution is 9.10. The van der Waals surface area contributed by atoms with Gasteiger partial charge in [-0.25, -0.2) is 0 Å². The Hall–Kier alpha value is -0.320. The van der Waals surface area contributed by atoms with Gasteiger partial charge >= 0.3 is 0 Å². The number of aliphatic imine (C=N–C) groups is 1. The van der Waals surface area contributed by atoms with Crippen molar-refractivity contribution in [2.45, 2.75) is 36.7 Å². The van der Waals surface area contributed by atoms with Crippen LogP contribution in [0.3, 0.4) is 0 Å². The minimum absolute atomic E-state index is 0.122. The summed E-state index contributed by atoms with van der Waals surface area (Å²) in [5, 5.41) is 11.3. The fraction of sp³-hybridized carbons (Fsp3) is 0.462. The second-order valence-electron chi connectivity index (χ2n) is 4.63. The first-order valence-corrected chi connectivity index (χ1v) is 7.58. The molecule has 2 nitrogen and oxygen atoms in total. The summed E-state index contributed by atoms with van der Waals surface area (Å²) in [6.07, 6.45) is 2.69. The van der Waals surface area contributed by atoms with Crippen molar-refractivity contribution < 1.29 is 5.11 Å². The Labute approximate surface area is 114 Å². The summed E-state index contributed by atoms with van der Waals surface area (Å²) >= 11 is 5.28. The summed E-state index contributed by atoms with van der Waals surface area (Å²) < 4.78 is 1.10. The third-order valence-electron chi connectivity index (χ3n) is 3.37. The first kappa shape index (κ1) is 11.8. The Morgan fingerprint density at radius 2 is 2.00 bits per heavy atom. The molecule has 1 saturated carbocycles. The zero-order chi connectivity index (χ0) is 11.8. The van der Waals surface area contributed by atoms with E-state index in [1.54, 1.807) is 0 Å². The minimum Gasteiger partial charge on any atom is -0.393 e. The molecular weight excluding hydrogens is 298 g/mol. The summed E-state index contributed by atoms with van der Waals surface area (Å²) in [5.41, 5.74) is 1.20. The molecule has 3 rings (SSSR count). The van der Waals surface area contributed by atoms with Gasteiger partial charge in [-0.2, -0.15) is 0 Å². The molecule has 0 saturated heterocycles. The average Bonchev–Trinajstić information content (AvgIpc) is 2.72. The molecule has 1 fully saturated rings. The Morgan fingerprint density at radius 3 is 2.76 bits per heavy atom. The smallest absolute Gasteiger partial charge is 0.0984 e. The van der Waals surface area contributed by atoms with Crippen molar-refractivity contribution in [2.24, 2.45) is 4.99 Å². The Kier molecular flexibility index (Phi) is 3.28. The number of aliphatic hydroxyl groups excluding tert-OH is 1. The molecule has 90 valence electrons. The van der Waals surface area contributed by atoms with Crippen LogP contribution >= 0.6 is 27.7 Å². The SMILES string of the molecule is OC1CCC2N=C(c3ccc(Br)cc3)SC2C1. The lowest BCUT2D eigenvalue weighted by atomic mass is 9.93. The molecule has 1 aromatic carbocycles. The van der Waals surface area contributed by atoms with Crippen molar-refractivity contribution in [3.63, 3.8) is 0 Å². The lowest BCUT2D eigenvalue weighted by molar-refractivity contribution is 0.127. The van der Waals surface area contributed by atoms with Gasteiger partial charge in [0.1, 0.15) is 0 Å². The maximum atomic E-state index is 9.68. The number of hydrogen-bond acceptors (Lipinski definition) is 3. The molecule has 0 aromatic heterocycles. The number of fused-ring (bicyclic) bond motifs is 1. The van der Waals surface area contributed by atoms with Gasteiger partial charge in [0.05, 0.1) is 17.2 Å². The maximum Gasteiger partial charge on any atom is 0.0984 e. The van der Waals surface area contributed by atoms with Crippen molar-refractivity contribution >= 4 is 32.7 Å². The monoisotopic (exact) mass is 311 g/mol. The quantitative estimate of drug-likeness (QED) is 0.863. The summed E-state index contributed by atoms with van der Waals surface area (Å²) in [5.74, 6) is 0. The first-order valence-electron chi connectivity index (χ1n) is 5.91. The lowest BCUT2D eigenvalue weighted by Crippen LogP contribution is -2.30. The predicted octanol–water partition coefficient (Wildman–Crippen LogP) is 3.22. The molecule has 1 heterocycles. The second-order valence-corrected chi connectivity index (χ2v) is 6.78. The highest BCUT2D eigenvalue weighted by atomic mass is 79.9. The summed E-state index contributed by atoms with van der Waals surface area (Å²) in [7, 11) is 0. The molecule has 0 bridgehead atoms. The molecule has 0 amide bonds. The molecule has 0 spiro atoms. The van der Waals surface area contributed by atoms with E-state index in [2.05, 4.69) is 40.2 Å². The van der Waals surface area contributed by atoms with Crippen molar-refractivity contribution in [2.75, 3.05) is 0 Å². The van der Waals surface area contributed by atoms with E-state index in [9.17, 15) is 5.11 Å². The first-order chi connectivity index (χ1) is 8.22. The van der Waals surface area contributed by atoms with Gasteiger partial charge in [0, 0.05) is 15.3 Å². The van der Waals surface area contributed by atoms with Crippen LogP contribution in [0.15, 0.2) is 33.7 Å². The summed E-state index contributed by atoms with van der Waals surface area (Å²) in [4.78, 5) is 4.80. The van der Waals surface area contributed by atoms with Crippen LogP contribution < -0.4 is 0 Å². The van der Waals surface area contributed by atoms with Gasteiger partial charge in [-0.05, 0) is 31.4 Å². The van der Waals surface area contributed by atoms with Crippen LogP contribution in [-0.2, 0) is 0 Å². The van der Waals surface area contributed by atoms with Crippen LogP contribution in [0.4, 0.5) is 0 Å². The van der Waals surface area contributed by atoms with Crippen LogP contribution in [0.5, 0.6) is 0 Å². The molecule has 3 unspecified atom stereocenters. The zero-order valence-corrected chi connectivity index (χ0v) is 11.7. The highest BCUT2D eigenvalue weighted by Crippen LogP contribution is 2.39. The van der Waals surface area contributed by atoms with Gasteiger partial charge in [-0.1, -0.05) is 28.1 Å². The van der Waals surface area contributed by atoms with Crippen molar-refractivity contribution in [3.8, 4) is 0 Å². The summed E-state index contributed by atoms with van der Waals surface area (Å²) in [6, 6.07) is 8.72. The van der Waals surface area contributed by atoms with E-state index in [0.29, 0.717) is 11.3 Å². The molecule has 17 heavy (non-hydrogen) atoms. The number of benzene rings is 1. The van der Waals surface area contributed by atoms with Crippen LogP contribution in [0.2, 0.25) is 0 Å². The van der Waals surface area contributed by atoms with Gasteiger partial charge in [-0.15, -0.1) is 11.8 Å². The fourth-order valence-corrected chi connectivity index (χ4v) is 4.12. The van der Waals surface area contributed by atoms with E-state index in [1.165, 1.54) is 5.56 Å². The number of nitrogens with zero attached hydrogens (tertiary/aromatic N) is 1.